The molecule has 362 valence electrons. The number of nitrogens with one attached hydrogen (secondary N) is 4. The Labute approximate surface area is 404 Å². The van der Waals surface area contributed by atoms with Crippen LogP contribution in [0.4, 0.5) is 9.59 Å². The molecular weight excluding hydrogens is 871 g/mol. The van der Waals surface area contributed by atoms with E-state index in [-0.39, 0.29) is 41.1 Å². The molecule has 0 saturated carbocycles. The minimum absolute atomic E-state index is 0.00161. The SMILES string of the molecule is COC(=O)NC(C(=O)N1CCCC1c1cc(-c2ccc(-c3ccc(-c4ccc(-c5cc([C@@H]6CCCN6C(=O)C(NC(=O)OC)C(C)C)[nH]n5)cc4)n3-c3ccc(C(C)(C)C)cc3)cc2)n[nH]1)C(C)C. The summed E-state index contributed by atoms with van der Waals surface area (Å²) in [6.07, 6.45) is 2.03. The van der Waals surface area contributed by atoms with E-state index in [0.717, 1.165) is 87.8 Å². The molecule has 3 unspecified atom stereocenters. The number of H-pyrrole nitrogens is 2. The van der Waals surface area contributed by atoms with Crippen molar-refractivity contribution in [1.29, 1.82) is 0 Å². The summed E-state index contributed by atoms with van der Waals surface area (Å²) in [6, 6.07) is 32.2. The van der Waals surface area contributed by atoms with Crippen molar-refractivity contribution in [2.24, 2.45) is 11.8 Å². The molecule has 8 rings (SSSR count). The van der Waals surface area contributed by atoms with E-state index in [1.807, 2.05) is 49.6 Å². The summed E-state index contributed by atoms with van der Waals surface area (Å²) in [7, 11) is 2.59. The number of alkyl carbamates (subject to hydrolysis) is 2. The maximum Gasteiger partial charge on any atom is 0.407 e. The van der Waals surface area contributed by atoms with E-state index in [0.29, 0.717) is 13.1 Å². The molecule has 2 saturated heterocycles. The molecule has 6 aromatic rings. The summed E-state index contributed by atoms with van der Waals surface area (Å²) < 4.78 is 11.9. The van der Waals surface area contributed by atoms with Gasteiger partial charge in [0.25, 0.3) is 0 Å². The van der Waals surface area contributed by atoms with Gasteiger partial charge in [-0.3, -0.25) is 19.8 Å². The minimum atomic E-state index is -0.697. The number of methoxy groups -OCH3 is 2. The summed E-state index contributed by atoms with van der Waals surface area (Å²) in [6.45, 7) is 15.5. The molecule has 69 heavy (non-hydrogen) atoms. The lowest BCUT2D eigenvalue weighted by Gasteiger charge is -2.30. The topological polar surface area (TPSA) is 180 Å². The third-order valence-corrected chi connectivity index (χ3v) is 13.6. The first kappa shape index (κ1) is 48.3. The highest BCUT2D eigenvalue weighted by molar-refractivity contribution is 5.87. The number of rotatable bonds is 13. The number of benzene rings is 3. The smallest absolute Gasteiger partial charge is 0.407 e. The third-order valence-electron chi connectivity index (χ3n) is 13.6. The fourth-order valence-corrected chi connectivity index (χ4v) is 9.67. The quantitative estimate of drug-likeness (QED) is 0.0884. The predicted octanol–water partition coefficient (Wildman–Crippen LogP) is 9.98. The van der Waals surface area contributed by atoms with E-state index in [9.17, 15) is 19.2 Å². The van der Waals surface area contributed by atoms with Gasteiger partial charge in [-0.2, -0.15) is 10.2 Å². The first-order chi connectivity index (χ1) is 33.1. The standard InChI is InChI=1S/C54H65N9O6/c1-32(2)48(55-52(66)68-8)50(64)61-28-10-12-46(61)42-30-40(57-59-42)34-14-18-36(19-15-34)44-26-27-45(63(44)39-24-22-38(23-25-39)54(5,6)7)37-20-16-35(17-21-37)41-31-43(60-58-41)47-13-11-29-62(47)51(65)49(33(3)4)56-53(67)69-9/h14-27,30-33,46-49H,10-13,28-29H2,1-9H3,(H,55,66)(H,56,67)(H,57,59)(H,58,60)/t46-,47?,48?,49?/m0/s1. The Kier molecular flexibility index (Phi) is 14.1. The van der Waals surface area contributed by atoms with Crippen LogP contribution in [-0.2, 0) is 24.5 Å². The highest BCUT2D eigenvalue weighted by atomic mass is 16.5. The van der Waals surface area contributed by atoms with Gasteiger partial charge in [0.2, 0.25) is 11.8 Å². The molecule has 4 N–H and O–H groups in total. The van der Waals surface area contributed by atoms with Gasteiger partial charge in [-0.25, -0.2) is 9.59 Å². The molecule has 0 aliphatic carbocycles. The molecular formula is C54H65N9O6. The van der Waals surface area contributed by atoms with Crippen LogP contribution in [0, 0.1) is 11.8 Å². The lowest BCUT2D eigenvalue weighted by Crippen LogP contribution is -2.51. The summed E-state index contributed by atoms with van der Waals surface area (Å²) in [5, 5.41) is 21.3. The third kappa shape index (κ3) is 10.2. The van der Waals surface area contributed by atoms with Gasteiger partial charge < -0.3 is 34.5 Å². The molecule has 3 aromatic carbocycles. The molecule has 5 heterocycles. The van der Waals surface area contributed by atoms with Crippen LogP contribution in [0.2, 0.25) is 0 Å². The van der Waals surface area contributed by atoms with Crippen molar-refractivity contribution < 1.29 is 28.7 Å². The largest absolute Gasteiger partial charge is 0.453 e. The zero-order valence-electron chi connectivity index (χ0n) is 41.1. The normalized spacial score (nSPS) is 17.0. The van der Waals surface area contributed by atoms with Crippen LogP contribution in [-0.4, -0.2) is 98.2 Å². The molecule has 4 amide bonds. The number of hydrogen-bond acceptors (Lipinski definition) is 8. The van der Waals surface area contributed by atoms with Crippen LogP contribution in [0.5, 0.6) is 0 Å². The van der Waals surface area contributed by atoms with Crippen molar-refractivity contribution >= 4 is 24.0 Å². The second kappa shape index (κ2) is 20.2. The molecule has 15 heteroatoms. The van der Waals surface area contributed by atoms with E-state index in [1.54, 1.807) is 0 Å². The first-order valence-electron chi connectivity index (χ1n) is 24.0. The first-order valence-corrected chi connectivity index (χ1v) is 24.0. The number of carbonyl (C=O) groups is 4. The summed E-state index contributed by atoms with van der Waals surface area (Å²) in [5.41, 5.74) is 11.6. The van der Waals surface area contributed by atoms with E-state index in [4.69, 9.17) is 19.7 Å². The van der Waals surface area contributed by atoms with E-state index < -0.39 is 24.3 Å². The van der Waals surface area contributed by atoms with E-state index in [1.165, 1.54) is 19.8 Å². The molecule has 2 fully saturated rings. The zero-order valence-corrected chi connectivity index (χ0v) is 41.1. The van der Waals surface area contributed by atoms with Crippen molar-refractivity contribution in [3.63, 3.8) is 0 Å². The summed E-state index contributed by atoms with van der Waals surface area (Å²) in [5.74, 6) is -0.495. The van der Waals surface area contributed by atoms with Crippen molar-refractivity contribution in [3.05, 3.63) is 114 Å². The molecule has 2 aliphatic rings. The van der Waals surface area contributed by atoms with Gasteiger partial charge in [0.1, 0.15) is 12.1 Å². The molecule has 3 aromatic heterocycles. The Morgan fingerprint density at radius 2 is 0.986 bits per heavy atom. The number of aromatic nitrogens is 5. The molecule has 15 nitrogen and oxygen atoms in total. The molecule has 4 atom stereocenters. The van der Waals surface area contributed by atoms with Crippen LogP contribution >= 0.6 is 0 Å². The van der Waals surface area contributed by atoms with Gasteiger partial charge in [-0.15, -0.1) is 0 Å². The average molecular weight is 936 g/mol. The number of ether oxygens (including phenoxy) is 2. The van der Waals surface area contributed by atoms with Gasteiger partial charge in [0.05, 0.1) is 60.5 Å². The fourth-order valence-electron chi connectivity index (χ4n) is 9.67. The van der Waals surface area contributed by atoms with Gasteiger partial charge in [0.15, 0.2) is 0 Å². The van der Waals surface area contributed by atoms with E-state index in [2.05, 4.69) is 131 Å². The lowest BCUT2D eigenvalue weighted by molar-refractivity contribution is -0.136. The van der Waals surface area contributed by atoms with Crippen molar-refractivity contribution in [3.8, 4) is 50.7 Å². The second-order valence-corrected chi connectivity index (χ2v) is 19.9. The summed E-state index contributed by atoms with van der Waals surface area (Å²) >= 11 is 0. The van der Waals surface area contributed by atoms with Gasteiger partial charge in [0, 0.05) is 29.9 Å². The Balaban J connectivity index is 1.04. The molecule has 0 spiro atoms. The highest BCUT2D eigenvalue weighted by Crippen LogP contribution is 2.38. The van der Waals surface area contributed by atoms with Gasteiger partial charge in [-0.1, -0.05) is 109 Å². The van der Waals surface area contributed by atoms with Crippen LogP contribution in [0.3, 0.4) is 0 Å². The predicted molar refractivity (Wildman–Crippen MR) is 266 cm³/mol. The molecule has 0 bridgehead atoms. The van der Waals surface area contributed by atoms with E-state index >= 15 is 0 Å². The Morgan fingerprint density at radius 1 is 0.594 bits per heavy atom. The Morgan fingerprint density at radius 3 is 1.35 bits per heavy atom. The number of aromatic amines is 2. The number of nitrogens with zero attached hydrogens (tertiary/aromatic N) is 5. The second-order valence-electron chi connectivity index (χ2n) is 19.9. The van der Waals surface area contributed by atoms with Gasteiger partial charge >= 0.3 is 12.2 Å². The van der Waals surface area contributed by atoms with Crippen LogP contribution in [0.15, 0.2) is 97.1 Å². The maximum atomic E-state index is 13.7. The Bertz CT molecular complexity index is 2600. The van der Waals surface area contributed by atoms with Crippen LogP contribution < -0.4 is 10.6 Å². The maximum absolute atomic E-state index is 13.7. The number of carbonyl (C=O) groups excluding carboxylic acids is 4. The van der Waals surface area contributed by atoms with Crippen molar-refractivity contribution in [1.82, 2.24) is 45.4 Å². The van der Waals surface area contributed by atoms with Gasteiger partial charge in [-0.05, 0) is 96.0 Å². The highest BCUT2D eigenvalue weighted by Gasteiger charge is 2.38. The molecule has 0 radical (unpaired) electrons. The fraction of sp³-hybridized carbons (Fsp3) is 0.407. The van der Waals surface area contributed by atoms with Crippen molar-refractivity contribution in [2.45, 2.75) is 104 Å². The monoisotopic (exact) mass is 936 g/mol. The minimum Gasteiger partial charge on any atom is -0.453 e. The number of amides is 4. The molecule has 2 aliphatic heterocycles. The Hall–Kier alpha value is -7.16. The summed E-state index contributed by atoms with van der Waals surface area (Å²) in [4.78, 5) is 55.4. The average Bonchev–Trinajstić information content (AvgIpc) is 4.21. The van der Waals surface area contributed by atoms with Crippen LogP contribution in [0.25, 0.3) is 50.7 Å². The van der Waals surface area contributed by atoms with Crippen molar-refractivity contribution in [2.75, 3.05) is 27.3 Å². The zero-order chi connectivity index (χ0) is 49.1. The number of hydrogen-bond donors (Lipinski definition) is 4. The van der Waals surface area contributed by atoms with Crippen LogP contribution in [0.1, 0.15) is 103 Å². The lowest BCUT2D eigenvalue weighted by atomic mass is 9.87. The number of likely N-dealkylation sites (tertiary alicyclic amines) is 2.